The number of benzene rings is 1. The molecule has 1 atom stereocenters. The van der Waals surface area contributed by atoms with Crippen LogP contribution < -0.4 is 4.90 Å². The van der Waals surface area contributed by atoms with Gasteiger partial charge < -0.3 is 14.2 Å². The third kappa shape index (κ3) is 2.07. The first-order valence-electron chi connectivity index (χ1n) is 7.20. The van der Waals surface area contributed by atoms with Crippen molar-refractivity contribution in [3.05, 3.63) is 35.4 Å². The molecule has 21 heavy (non-hydrogen) atoms. The molecule has 0 radical (unpaired) electrons. The van der Waals surface area contributed by atoms with Crippen LogP contribution in [-0.4, -0.2) is 25.0 Å². The molecule has 1 saturated heterocycles. The molecule has 1 unspecified atom stereocenters. The summed E-state index contributed by atoms with van der Waals surface area (Å²) >= 11 is 0. The Balaban J connectivity index is 2.11. The molecule has 2 aliphatic heterocycles. The smallest absolute Gasteiger partial charge is 0.401 e. The summed E-state index contributed by atoms with van der Waals surface area (Å²) in [7, 11) is -0.270. The Kier molecular flexibility index (Phi) is 3.12. The second-order valence-electron chi connectivity index (χ2n) is 6.22. The first-order chi connectivity index (χ1) is 9.87. The minimum Gasteiger partial charge on any atom is -0.401 e. The molecule has 0 bridgehead atoms. The summed E-state index contributed by atoms with van der Waals surface area (Å²) in [5, 5.41) is 9.33. The summed E-state index contributed by atoms with van der Waals surface area (Å²) in [5.41, 5.74) is 1.75. The zero-order chi connectivity index (χ0) is 15.3. The third-order valence-electron chi connectivity index (χ3n) is 4.52. The van der Waals surface area contributed by atoms with Gasteiger partial charge in [-0.05, 0) is 45.3 Å². The lowest BCUT2D eigenvalue weighted by Gasteiger charge is -2.48. The molecule has 5 heteroatoms. The first kappa shape index (κ1) is 14.2. The Morgan fingerprint density at radius 2 is 1.95 bits per heavy atom. The van der Waals surface area contributed by atoms with Gasteiger partial charge in [0.2, 0.25) is 0 Å². The van der Waals surface area contributed by atoms with Gasteiger partial charge in [-0.15, -0.1) is 0 Å². The van der Waals surface area contributed by atoms with Crippen LogP contribution in [0.5, 0.6) is 0 Å². The van der Waals surface area contributed by atoms with Crippen LogP contribution in [0.3, 0.4) is 0 Å². The maximum Gasteiger partial charge on any atom is 0.455 e. The quantitative estimate of drug-likeness (QED) is 0.742. The second-order valence-corrected chi connectivity index (χ2v) is 6.22. The van der Waals surface area contributed by atoms with Gasteiger partial charge in [-0.1, -0.05) is 18.2 Å². The number of para-hydroxylation sites is 1. The van der Waals surface area contributed by atoms with E-state index < -0.39 is 11.3 Å². The van der Waals surface area contributed by atoms with Gasteiger partial charge in [-0.25, -0.2) is 0 Å². The molecule has 0 N–H and O–H groups in total. The Morgan fingerprint density at radius 3 is 2.57 bits per heavy atom. The molecule has 4 nitrogen and oxygen atoms in total. The highest BCUT2D eigenvalue weighted by Crippen LogP contribution is 2.44. The van der Waals surface area contributed by atoms with Crippen molar-refractivity contribution in [3.63, 3.8) is 0 Å². The lowest BCUT2D eigenvalue weighted by Crippen LogP contribution is -2.59. The van der Waals surface area contributed by atoms with Crippen LogP contribution in [0.4, 0.5) is 5.69 Å². The zero-order valence-electron chi connectivity index (χ0n) is 12.9. The van der Waals surface area contributed by atoms with Crippen LogP contribution in [0, 0.1) is 11.3 Å². The summed E-state index contributed by atoms with van der Waals surface area (Å²) in [5.74, 6) is 0. The molecule has 0 saturated carbocycles. The summed E-state index contributed by atoms with van der Waals surface area (Å²) in [4.78, 5) is 2.14. The van der Waals surface area contributed by atoms with E-state index >= 15 is 0 Å². The fourth-order valence-electron chi connectivity index (χ4n) is 3.19. The van der Waals surface area contributed by atoms with Crippen molar-refractivity contribution in [1.82, 2.24) is 0 Å². The zero-order valence-corrected chi connectivity index (χ0v) is 12.9. The van der Waals surface area contributed by atoms with Crippen molar-refractivity contribution in [1.29, 1.82) is 5.26 Å². The second kappa shape index (κ2) is 4.62. The van der Waals surface area contributed by atoms with Crippen LogP contribution in [0.15, 0.2) is 29.8 Å². The van der Waals surface area contributed by atoms with Gasteiger partial charge in [0.25, 0.3) is 0 Å². The van der Waals surface area contributed by atoms with Gasteiger partial charge in [0.15, 0.2) is 5.72 Å². The molecule has 2 aliphatic rings. The Morgan fingerprint density at radius 1 is 1.24 bits per heavy atom. The third-order valence-corrected chi connectivity index (χ3v) is 4.52. The number of hydrogen-bond donors (Lipinski definition) is 0. The minimum atomic E-state index is -0.626. The van der Waals surface area contributed by atoms with Gasteiger partial charge in [0.05, 0.1) is 18.2 Å². The SMILES string of the molecule is CB1OC(C)(C)C(C)(N2CC(C#N)=Cc3ccccc32)O1. The van der Waals surface area contributed by atoms with Crippen LogP contribution in [0.2, 0.25) is 6.82 Å². The Labute approximate surface area is 126 Å². The Bertz CT molecular complexity index is 650. The average Bonchev–Trinajstić information content (AvgIpc) is 2.66. The summed E-state index contributed by atoms with van der Waals surface area (Å²) in [6.45, 7) is 8.54. The predicted octanol–water partition coefficient (Wildman–Crippen LogP) is 3.07. The van der Waals surface area contributed by atoms with Gasteiger partial charge in [-0.3, -0.25) is 0 Å². The molecule has 0 amide bonds. The number of nitrogens with zero attached hydrogens (tertiary/aromatic N) is 2. The fraction of sp³-hybridized carbons (Fsp3) is 0.438. The first-order valence-corrected chi connectivity index (χ1v) is 7.20. The number of hydrogen-bond acceptors (Lipinski definition) is 4. The highest BCUT2D eigenvalue weighted by molar-refractivity contribution is 6.43. The van der Waals surface area contributed by atoms with Crippen molar-refractivity contribution >= 4 is 18.9 Å². The molecule has 1 fully saturated rings. The van der Waals surface area contributed by atoms with Crippen molar-refractivity contribution in [2.45, 2.75) is 38.9 Å². The molecular formula is C16H19BN2O2. The molecular weight excluding hydrogens is 263 g/mol. The average molecular weight is 282 g/mol. The van der Waals surface area contributed by atoms with E-state index in [1.54, 1.807) is 0 Å². The van der Waals surface area contributed by atoms with E-state index in [-0.39, 0.29) is 7.12 Å². The van der Waals surface area contributed by atoms with Crippen molar-refractivity contribution in [2.24, 2.45) is 0 Å². The van der Waals surface area contributed by atoms with E-state index in [1.165, 1.54) is 0 Å². The van der Waals surface area contributed by atoms with Gasteiger partial charge in [-0.2, -0.15) is 5.26 Å². The van der Waals surface area contributed by atoms with Crippen LogP contribution in [0.1, 0.15) is 26.3 Å². The molecule has 2 heterocycles. The minimum absolute atomic E-state index is 0.270. The lowest BCUT2D eigenvalue weighted by molar-refractivity contribution is -0.0104. The van der Waals surface area contributed by atoms with E-state index in [2.05, 4.69) is 17.0 Å². The molecule has 1 aromatic carbocycles. The van der Waals surface area contributed by atoms with Crippen molar-refractivity contribution < 1.29 is 9.31 Å². The normalized spacial score (nSPS) is 27.1. The summed E-state index contributed by atoms with van der Waals surface area (Å²) < 4.78 is 12.1. The van der Waals surface area contributed by atoms with E-state index in [4.69, 9.17) is 9.31 Å². The van der Waals surface area contributed by atoms with Crippen LogP contribution >= 0.6 is 0 Å². The van der Waals surface area contributed by atoms with Gasteiger partial charge >= 0.3 is 7.12 Å². The number of rotatable bonds is 1. The van der Waals surface area contributed by atoms with E-state index in [0.717, 1.165) is 16.8 Å². The lowest BCUT2D eigenvalue weighted by atomic mass is 9.91. The molecule has 0 aromatic heterocycles. The summed E-state index contributed by atoms with van der Waals surface area (Å²) in [6.07, 6.45) is 1.95. The molecule has 1 aromatic rings. The molecule has 0 aliphatic carbocycles. The molecule has 108 valence electrons. The maximum absolute atomic E-state index is 9.33. The topological polar surface area (TPSA) is 45.5 Å². The van der Waals surface area contributed by atoms with E-state index in [0.29, 0.717) is 6.54 Å². The monoisotopic (exact) mass is 282 g/mol. The standard InChI is InChI=1S/C16H19BN2O2/c1-15(2)16(3,21-17(4)20-15)19-11-12(10-18)9-13-7-5-6-8-14(13)19/h5-9H,11H2,1-4H3. The van der Waals surface area contributed by atoms with Crippen molar-refractivity contribution in [2.75, 3.05) is 11.4 Å². The van der Waals surface area contributed by atoms with E-state index in [9.17, 15) is 5.26 Å². The molecule has 0 spiro atoms. The van der Waals surface area contributed by atoms with Crippen LogP contribution in [0.25, 0.3) is 6.08 Å². The fourth-order valence-corrected chi connectivity index (χ4v) is 3.19. The van der Waals surface area contributed by atoms with E-state index in [1.807, 2.05) is 51.9 Å². The van der Waals surface area contributed by atoms with Crippen molar-refractivity contribution in [3.8, 4) is 6.07 Å². The highest BCUT2D eigenvalue weighted by Gasteiger charge is 2.56. The van der Waals surface area contributed by atoms with Gasteiger partial charge in [0.1, 0.15) is 0 Å². The highest BCUT2D eigenvalue weighted by atomic mass is 16.7. The number of anilines is 1. The largest absolute Gasteiger partial charge is 0.455 e. The number of nitriles is 1. The Hall–Kier alpha value is -1.77. The molecule has 3 rings (SSSR count). The van der Waals surface area contributed by atoms with Gasteiger partial charge in [0, 0.05) is 11.3 Å². The maximum atomic E-state index is 9.33. The number of fused-ring (bicyclic) bond motifs is 1. The van der Waals surface area contributed by atoms with Crippen LogP contribution in [-0.2, 0) is 9.31 Å². The predicted molar refractivity (Wildman–Crippen MR) is 83.7 cm³/mol. The summed E-state index contributed by atoms with van der Waals surface area (Å²) in [6, 6.07) is 10.4.